The Bertz CT molecular complexity index is 702. The Kier molecular flexibility index (Phi) is 8.73. The summed E-state index contributed by atoms with van der Waals surface area (Å²) < 4.78 is 27.0. The summed E-state index contributed by atoms with van der Waals surface area (Å²) in [4.78, 5) is 12.7. The van der Waals surface area contributed by atoms with Crippen molar-refractivity contribution in [1.29, 1.82) is 0 Å². The van der Waals surface area contributed by atoms with Gasteiger partial charge in [0.15, 0.2) is 0 Å². The van der Waals surface area contributed by atoms with Crippen molar-refractivity contribution < 1.29 is 13.2 Å². The average molecular weight is 418 g/mol. The number of nitrogens with zero attached hydrogens (tertiary/aromatic N) is 1. The molecular formula is C19H32ClN3O3S. The third-order valence-electron chi connectivity index (χ3n) is 5.62. The molecule has 27 heavy (non-hydrogen) atoms. The van der Waals surface area contributed by atoms with Crippen LogP contribution in [0, 0.1) is 5.92 Å². The molecule has 1 aromatic carbocycles. The molecule has 1 fully saturated rings. The summed E-state index contributed by atoms with van der Waals surface area (Å²) in [5, 5.41) is 3.00. The molecule has 1 aromatic rings. The maximum Gasteiger partial charge on any atom is 0.251 e. The van der Waals surface area contributed by atoms with Crippen molar-refractivity contribution in [2.75, 3.05) is 19.6 Å². The molecule has 0 aliphatic carbocycles. The SMILES string of the molecule is CCC(CC)(CN)NC(=O)c1ccc(S(=O)(=O)N2CCC(C)CC2)cc1.Cl. The first-order chi connectivity index (χ1) is 12.3. The van der Waals surface area contributed by atoms with E-state index in [1.807, 2.05) is 13.8 Å². The molecule has 1 aliphatic rings. The average Bonchev–Trinajstić information content (AvgIpc) is 2.66. The summed E-state index contributed by atoms with van der Waals surface area (Å²) in [6.07, 6.45) is 3.25. The summed E-state index contributed by atoms with van der Waals surface area (Å²) in [5.41, 5.74) is 5.85. The quantitative estimate of drug-likeness (QED) is 0.713. The third kappa shape index (κ3) is 5.44. The van der Waals surface area contributed by atoms with Crippen LogP contribution in [-0.4, -0.2) is 43.8 Å². The second-order valence-electron chi connectivity index (χ2n) is 7.26. The lowest BCUT2D eigenvalue weighted by Crippen LogP contribution is -2.52. The van der Waals surface area contributed by atoms with Crippen LogP contribution in [0.5, 0.6) is 0 Å². The van der Waals surface area contributed by atoms with Crippen LogP contribution in [0.1, 0.15) is 56.8 Å². The van der Waals surface area contributed by atoms with E-state index in [9.17, 15) is 13.2 Å². The first kappa shape index (κ1) is 23.9. The highest BCUT2D eigenvalue weighted by Gasteiger charge is 2.29. The Balaban J connectivity index is 0.00000364. The fraction of sp³-hybridized carbons (Fsp3) is 0.632. The van der Waals surface area contributed by atoms with E-state index in [-0.39, 0.29) is 23.2 Å². The van der Waals surface area contributed by atoms with Crippen LogP contribution < -0.4 is 11.1 Å². The highest BCUT2D eigenvalue weighted by Crippen LogP contribution is 2.24. The van der Waals surface area contributed by atoms with E-state index in [2.05, 4.69) is 12.2 Å². The molecule has 8 heteroatoms. The van der Waals surface area contributed by atoms with E-state index < -0.39 is 15.6 Å². The topological polar surface area (TPSA) is 92.5 Å². The summed E-state index contributed by atoms with van der Waals surface area (Å²) in [7, 11) is -3.50. The first-order valence-electron chi connectivity index (χ1n) is 9.40. The zero-order chi connectivity index (χ0) is 19.4. The molecule has 0 radical (unpaired) electrons. The van der Waals surface area contributed by atoms with Crippen LogP contribution in [0.25, 0.3) is 0 Å². The number of benzene rings is 1. The fourth-order valence-corrected chi connectivity index (χ4v) is 4.70. The van der Waals surface area contributed by atoms with Gasteiger partial charge in [0, 0.05) is 25.2 Å². The van der Waals surface area contributed by atoms with Crippen LogP contribution in [0.15, 0.2) is 29.2 Å². The van der Waals surface area contributed by atoms with Gasteiger partial charge >= 0.3 is 0 Å². The van der Waals surface area contributed by atoms with Crippen molar-refractivity contribution in [2.24, 2.45) is 11.7 Å². The second kappa shape index (κ2) is 9.87. The molecule has 1 aliphatic heterocycles. The van der Waals surface area contributed by atoms with Gasteiger partial charge in [0.2, 0.25) is 10.0 Å². The normalized spacial score (nSPS) is 16.6. The van der Waals surface area contributed by atoms with E-state index in [1.165, 1.54) is 16.4 Å². The van der Waals surface area contributed by atoms with E-state index >= 15 is 0 Å². The number of nitrogens with two attached hydrogens (primary N) is 1. The van der Waals surface area contributed by atoms with Gasteiger partial charge in [-0.05, 0) is 55.9 Å². The van der Waals surface area contributed by atoms with Gasteiger partial charge in [-0.15, -0.1) is 12.4 Å². The molecule has 0 bridgehead atoms. The molecule has 3 N–H and O–H groups in total. The smallest absolute Gasteiger partial charge is 0.251 e. The van der Waals surface area contributed by atoms with Crippen molar-refractivity contribution in [3.05, 3.63) is 29.8 Å². The van der Waals surface area contributed by atoms with Gasteiger partial charge in [0.1, 0.15) is 0 Å². The lowest BCUT2D eigenvalue weighted by molar-refractivity contribution is 0.0895. The number of halogens is 1. The Morgan fingerprint density at radius 1 is 1.19 bits per heavy atom. The maximum absolute atomic E-state index is 12.8. The van der Waals surface area contributed by atoms with Gasteiger partial charge in [0.05, 0.1) is 10.4 Å². The van der Waals surface area contributed by atoms with Crippen LogP contribution in [0.2, 0.25) is 0 Å². The van der Waals surface area contributed by atoms with E-state index in [1.54, 1.807) is 12.1 Å². The Hall–Kier alpha value is -1.15. The number of sulfonamides is 1. The molecule has 0 spiro atoms. The van der Waals surface area contributed by atoms with E-state index in [0.717, 1.165) is 25.7 Å². The summed E-state index contributed by atoms with van der Waals surface area (Å²) in [6, 6.07) is 6.18. The Morgan fingerprint density at radius 3 is 2.15 bits per heavy atom. The molecule has 1 heterocycles. The second-order valence-corrected chi connectivity index (χ2v) is 9.19. The first-order valence-corrected chi connectivity index (χ1v) is 10.8. The number of carbonyl (C=O) groups is 1. The Morgan fingerprint density at radius 2 is 1.70 bits per heavy atom. The van der Waals surface area contributed by atoms with Gasteiger partial charge < -0.3 is 11.1 Å². The van der Waals surface area contributed by atoms with Crippen molar-refractivity contribution in [3.63, 3.8) is 0 Å². The van der Waals surface area contributed by atoms with Crippen molar-refractivity contribution >= 4 is 28.3 Å². The minimum Gasteiger partial charge on any atom is -0.345 e. The number of carbonyl (C=O) groups excluding carboxylic acids is 1. The van der Waals surface area contributed by atoms with Gasteiger partial charge in [0.25, 0.3) is 5.91 Å². The molecule has 6 nitrogen and oxygen atoms in total. The molecule has 1 saturated heterocycles. The highest BCUT2D eigenvalue weighted by atomic mass is 35.5. The molecule has 154 valence electrons. The summed E-state index contributed by atoms with van der Waals surface area (Å²) in [5.74, 6) is 0.336. The molecule has 0 unspecified atom stereocenters. The van der Waals surface area contributed by atoms with Crippen LogP contribution in [0.4, 0.5) is 0 Å². The number of amides is 1. The predicted molar refractivity (Wildman–Crippen MR) is 111 cm³/mol. The van der Waals surface area contributed by atoms with Crippen molar-refractivity contribution in [2.45, 2.75) is 56.9 Å². The van der Waals surface area contributed by atoms with Crippen molar-refractivity contribution in [3.8, 4) is 0 Å². The predicted octanol–water partition coefficient (Wildman–Crippen LogP) is 2.78. The van der Waals surface area contributed by atoms with Crippen LogP contribution in [-0.2, 0) is 10.0 Å². The minimum atomic E-state index is -3.50. The highest BCUT2D eigenvalue weighted by molar-refractivity contribution is 7.89. The minimum absolute atomic E-state index is 0. The molecular weight excluding hydrogens is 386 g/mol. The lowest BCUT2D eigenvalue weighted by atomic mass is 9.92. The molecule has 0 atom stereocenters. The lowest BCUT2D eigenvalue weighted by Gasteiger charge is -2.31. The fourth-order valence-electron chi connectivity index (χ4n) is 3.23. The largest absolute Gasteiger partial charge is 0.345 e. The van der Waals surface area contributed by atoms with Crippen LogP contribution >= 0.6 is 12.4 Å². The standard InChI is InChI=1S/C19H31N3O3S.ClH/c1-4-19(5-2,14-20)21-18(23)16-6-8-17(9-7-16)26(24,25)22-12-10-15(3)11-13-22;/h6-9,15H,4-5,10-14,20H2,1-3H3,(H,21,23);1H. The maximum atomic E-state index is 12.8. The monoisotopic (exact) mass is 417 g/mol. The zero-order valence-corrected chi connectivity index (χ0v) is 18.0. The van der Waals surface area contributed by atoms with Crippen LogP contribution in [0.3, 0.4) is 0 Å². The van der Waals surface area contributed by atoms with Gasteiger partial charge in [-0.2, -0.15) is 4.31 Å². The summed E-state index contributed by atoms with van der Waals surface area (Å²) in [6.45, 7) is 7.60. The third-order valence-corrected chi connectivity index (χ3v) is 7.53. The number of hydrogen-bond donors (Lipinski definition) is 2. The van der Waals surface area contributed by atoms with E-state index in [0.29, 0.717) is 31.1 Å². The van der Waals surface area contributed by atoms with Gasteiger partial charge in [-0.25, -0.2) is 8.42 Å². The number of hydrogen-bond acceptors (Lipinski definition) is 4. The number of rotatable bonds is 7. The van der Waals surface area contributed by atoms with Crippen molar-refractivity contribution in [1.82, 2.24) is 9.62 Å². The number of piperidine rings is 1. The van der Waals surface area contributed by atoms with Gasteiger partial charge in [-0.1, -0.05) is 20.8 Å². The molecule has 2 rings (SSSR count). The molecule has 0 aromatic heterocycles. The molecule has 1 amide bonds. The summed E-state index contributed by atoms with van der Waals surface area (Å²) >= 11 is 0. The molecule has 0 saturated carbocycles. The van der Waals surface area contributed by atoms with Gasteiger partial charge in [-0.3, -0.25) is 4.79 Å². The number of nitrogens with one attached hydrogen (secondary N) is 1. The zero-order valence-electron chi connectivity index (χ0n) is 16.4. The Labute approximate surface area is 169 Å². The van der Waals surface area contributed by atoms with E-state index in [4.69, 9.17) is 5.73 Å².